The van der Waals surface area contributed by atoms with Gasteiger partial charge in [-0.1, -0.05) is 6.07 Å². The first kappa shape index (κ1) is 14.4. The molecule has 4 heteroatoms. The Bertz CT molecular complexity index is 481. The molecular formula is C16H20N2O2. The van der Waals surface area contributed by atoms with Gasteiger partial charge >= 0.3 is 5.97 Å². The maximum Gasteiger partial charge on any atom is 0.311 e. The van der Waals surface area contributed by atoms with Gasteiger partial charge in [-0.05, 0) is 31.9 Å². The van der Waals surface area contributed by atoms with Crippen LogP contribution in [-0.4, -0.2) is 30.1 Å². The summed E-state index contributed by atoms with van der Waals surface area (Å²) < 4.78 is 5.39. The van der Waals surface area contributed by atoms with Crippen molar-refractivity contribution in [1.82, 2.24) is 4.98 Å². The van der Waals surface area contributed by atoms with Crippen molar-refractivity contribution >= 4 is 11.8 Å². The van der Waals surface area contributed by atoms with Gasteiger partial charge in [-0.2, -0.15) is 0 Å². The number of anilines is 1. The molecule has 106 valence electrons. The average Bonchev–Trinajstić information content (AvgIpc) is 2.48. The van der Waals surface area contributed by atoms with Crippen LogP contribution in [-0.2, 0) is 9.53 Å². The van der Waals surface area contributed by atoms with Crippen molar-refractivity contribution in [3.05, 3.63) is 24.4 Å². The highest BCUT2D eigenvalue weighted by molar-refractivity contribution is 5.73. The molecule has 2 unspecified atom stereocenters. The molecular weight excluding hydrogens is 252 g/mol. The first-order valence-corrected chi connectivity index (χ1v) is 7.00. The second-order valence-electron chi connectivity index (χ2n) is 5.13. The first-order valence-electron chi connectivity index (χ1n) is 7.00. The van der Waals surface area contributed by atoms with E-state index in [1.165, 1.54) is 0 Å². The molecule has 4 nitrogen and oxygen atoms in total. The van der Waals surface area contributed by atoms with Gasteiger partial charge in [0.25, 0.3) is 0 Å². The molecule has 0 saturated carbocycles. The van der Waals surface area contributed by atoms with Crippen LogP contribution in [0.5, 0.6) is 0 Å². The molecule has 1 aliphatic heterocycles. The van der Waals surface area contributed by atoms with Crippen LogP contribution in [0.25, 0.3) is 0 Å². The van der Waals surface area contributed by atoms with Gasteiger partial charge in [0.05, 0.1) is 5.92 Å². The van der Waals surface area contributed by atoms with Gasteiger partial charge in [0.15, 0.2) is 0 Å². The number of nitrogens with zero attached hydrogens (tertiary/aromatic N) is 2. The zero-order chi connectivity index (χ0) is 14.4. The van der Waals surface area contributed by atoms with E-state index in [2.05, 4.69) is 15.8 Å². The van der Waals surface area contributed by atoms with E-state index in [1.54, 1.807) is 6.20 Å². The van der Waals surface area contributed by atoms with Crippen molar-refractivity contribution in [1.29, 1.82) is 0 Å². The Morgan fingerprint density at radius 1 is 1.65 bits per heavy atom. The van der Waals surface area contributed by atoms with Gasteiger partial charge in [0, 0.05) is 25.7 Å². The lowest BCUT2D eigenvalue weighted by Crippen LogP contribution is -2.40. The van der Waals surface area contributed by atoms with Crippen molar-refractivity contribution in [3.63, 3.8) is 0 Å². The van der Waals surface area contributed by atoms with Crippen molar-refractivity contribution in [3.8, 4) is 12.3 Å². The van der Waals surface area contributed by atoms with Gasteiger partial charge < -0.3 is 9.64 Å². The number of terminal acetylenes is 1. The summed E-state index contributed by atoms with van der Waals surface area (Å²) >= 11 is 0. The van der Waals surface area contributed by atoms with E-state index in [4.69, 9.17) is 11.2 Å². The fourth-order valence-corrected chi connectivity index (χ4v) is 2.42. The third-order valence-electron chi connectivity index (χ3n) is 3.45. The molecule has 2 rings (SSSR count). The molecule has 1 aromatic heterocycles. The van der Waals surface area contributed by atoms with E-state index in [9.17, 15) is 4.79 Å². The van der Waals surface area contributed by atoms with E-state index < -0.39 is 0 Å². The number of esters is 1. The smallest absolute Gasteiger partial charge is 0.311 e. The summed E-state index contributed by atoms with van der Waals surface area (Å²) in [6.07, 6.45) is 9.08. The second kappa shape index (κ2) is 6.95. The Hall–Kier alpha value is -2.02. The quantitative estimate of drug-likeness (QED) is 0.623. The molecule has 0 amide bonds. The van der Waals surface area contributed by atoms with Crippen LogP contribution in [0.3, 0.4) is 0 Å². The van der Waals surface area contributed by atoms with E-state index in [-0.39, 0.29) is 18.0 Å². The van der Waals surface area contributed by atoms with Crippen molar-refractivity contribution in [2.24, 2.45) is 5.92 Å². The number of rotatable bonds is 4. The molecule has 0 N–H and O–H groups in total. The lowest BCUT2D eigenvalue weighted by atomic mass is 9.98. The van der Waals surface area contributed by atoms with Crippen molar-refractivity contribution in [2.45, 2.75) is 32.3 Å². The highest BCUT2D eigenvalue weighted by atomic mass is 16.5. The molecule has 0 aromatic carbocycles. The predicted octanol–water partition coefficient (Wildman–Crippen LogP) is 2.25. The lowest BCUT2D eigenvalue weighted by molar-refractivity contribution is -0.153. The molecule has 1 saturated heterocycles. The minimum Gasteiger partial charge on any atom is -0.461 e. The Morgan fingerprint density at radius 3 is 3.20 bits per heavy atom. The summed E-state index contributed by atoms with van der Waals surface area (Å²) in [7, 11) is 0. The largest absolute Gasteiger partial charge is 0.461 e. The van der Waals surface area contributed by atoms with Crippen LogP contribution >= 0.6 is 0 Å². The average molecular weight is 272 g/mol. The Kier molecular flexibility index (Phi) is 5.00. The maximum absolute atomic E-state index is 12.1. The SMILES string of the molecule is C#CCC(C)OC(=O)C1CCCN(c2ccccn2)C1. The molecule has 0 spiro atoms. The number of aromatic nitrogens is 1. The molecule has 0 aliphatic carbocycles. The zero-order valence-corrected chi connectivity index (χ0v) is 11.8. The Labute approximate surface area is 120 Å². The Morgan fingerprint density at radius 2 is 2.50 bits per heavy atom. The molecule has 1 aliphatic rings. The van der Waals surface area contributed by atoms with Crippen LogP contribution in [0, 0.1) is 18.3 Å². The summed E-state index contributed by atoms with van der Waals surface area (Å²) in [5.74, 6) is 3.19. The van der Waals surface area contributed by atoms with Gasteiger partial charge in [-0.15, -0.1) is 12.3 Å². The minimum atomic E-state index is -0.210. The Balaban J connectivity index is 1.93. The summed E-state index contributed by atoms with van der Waals surface area (Å²) in [6.45, 7) is 3.43. The molecule has 0 bridgehead atoms. The fourth-order valence-electron chi connectivity index (χ4n) is 2.42. The molecule has 0 radical (unpaired) electrons. The van der Waals surface area contributed by atoms with Gasteiger partial charge in [0.2, 0.25) is 0 Å². The number of hydrogen-bond acceptors (Lipinski definition) is 4. The molecule has 1 fully saturated rings. The van der Waals surface area contributed by atoms with Crippen LogP contribution in [0.2, 0.25) is 0 Å². The number of carbonyl (C=O) groups excluding carboxylic acids is 1. The zero-order valence-electron chi connectivity index (χ0n) is 11.8. The van der Waals surface area contributed by atoms with Crippen LogP contribution in [0.15, 0.2) is 24.4 Å². The highest BCUT2D eigenvalue weighted by Gasteiger charge is 2.28. The third kappa shape index (κ3) is 3.74. The van der Waals surface area contributed by atoms with Crippen LogP contribution in [0.1, 0.15) is 26.2 Å². The molecule has 1 aromatic rings. The number of carbonyl (C=O) groups is 1. The first-order chi connectivity index (χ1) is 9.70. The highest BCUT2D eigenvalue weighted by Crippen LogP contribution is 2.22. The topological polar surface area (TPSA) is 42.4 Å². The summed E-state index contributed by atoms with van der Waals surface area (Å²) in [5, 5.41) is 0. The molecule has 2 atom stereocenters. The van der Waals surface area contributed by atoms with Crippen molar-refractivity contribution in [2.75, 3.05) is 18.0 Å². The van der Waals surface area contributed by atoms with Gasteiger partial charge in [-0.25, -0.2) is 4.98 Å². The second-order valence-corrected chi connectivity index (χ2v) is 5.13. The number of piperidine rings is 1. The molecule has 2 heterocycles. The number of pyridine rings is 1. The molecule has 20 heavy (non-hydrogen) atoms. The van der Waals surface area contributed by atoms with Crippen LogP contribution in [0.4, 0.5) is 5.82 Å². The fraction of sp³-hybridized carbons (Fsp3) is 0.500. The number of hydrogen-bond donors (Lipinski definition) is 0. The van der Waals surface area contributed by atoms with Crippen molar-refractivity contribution < 1.29 is 9.53 Å². The monoisotopic (exact) mass is 272 g/mol. The summed E-state index contributed by atoms with van der Waals surface area (Å²) in [5.41, 5.74) is 0. The predicted molar refractivity (Wildman–Crippen MR) is 78.2 cm³/mol. The minimum absolute atomic E-state index is 0.0917. The third-order valence-corrected chi connectivity index (χ3v) is 3.45. The standard InChI is InChI=1S/C16H20N2O2/c1-3-7-13(2)20-16(19)14-8-6-11-18(12-14)15-9-4-5-10-17-15/h1,4-5,9-10,13-14H,6-8,11-12H2,2H3. The van der Waals surface area contributed by atoms with Gasteiger partial charge in [0.1, 0.15) is 11.9 Å². The van der Waals surface area contributed by atoms with Crippen LogP contribution < -0.4 is 4.90 Å². The van der Waals surface area contributed by atoms with E-state index in [1.807, 2.05) is 25.1 Å². The summed E-state index contributed by atoms with van der Waals surface area (Å²) in [6, 6.07) is 5.81. The lowest BCUT2D eigenvalue weighted by Gasteiger charge is -2.32. The summed E-state index contributed by atoms with van der Waals surface area (Å²) in [4.78, 5) is 18.6. The van der Waals surface area contributed by atoms with E-state index in [0.717, 1.165) is 25.2 Å². The number of ether oxygens (including phenoxy) is 1. The normalized spacial score (nSPS) is 20.0. The maximum atomic E-state index is 12.1. The van der Waals surface area contributed by atoms with E-state index >= 15 is 0 Å². The van der Waals surface area contributed by atoms with E-state index in [0.29, 0.717) is 13.0 Å². The van der Waals surface area contributed by atoms with Gasteiger partial charge in [-0.3, -0.25) is 4.79 Å².